The quantitative estimate of drug-likeness (QED) is 0.548. The Morgan fingerprint density at radius 3 is 2.23 bits per heavy atom. The molecule has 6 nitrogen and oxygen atoms in total. The van der Waals surface area contributed by atoms with Crippen LogP contribution in [0.15, 0.2) is 70.5 Å². The third-order valence-electron chi connectivity index (χ3n) is 4.22. The SMILES string of the molecule is Cc1cccc(NS(=O)(=O)c2ccc(C)c(NS(=O)(=O)c3ccc(Cl)cc3F)c2)c1. The van der Waals surface area contributed by atoms with Crippen molar-refractivity contribution in [1.29, 1.82) is 0 Å². The summed E-state index contributed by atoms with van der Waals surface area (Å²) in [6, 6.07) is 14.0. The lowest BCUT2D eigenvalue weighted by atomic mass is 10.2. The standard InChI is InChI=1S/C20H18ClFN2O4S2/c1-13-4-3-5-16(10-13)23-29(25,26)17-8-6-14(2)19(12-17)24-30(27,28)20-9-7-15(21)11-18(20)22/h3-12,23-24H,1-2H3. The summed E-state index contributed by atoms with van der Waals surface area (Å²) in [7, 11) is -8.29. The molecule has 0 amide bonds. The van der Waals surface area contributed by atoms with Gasteiger partial charge in [-0.3, -0.25) is 9.44 Å². The Bertz CT molecular complexity index is 1330. The fourth-order valence-corrected chi connectivity index (χ4v) is 5.11. The minimum absolute atomic E-state index is 0.0106. The van der Waals surface area contributed by atoms with Crippen molar-refractivity contribution in [2.45, 2.75) is 23.6 Å². The van der Waals surface area contributed by atoms with Crippen molar-refractivity contribution in [3.05, 3.63) is 82.6 Å². The minimum atomic E-state index is -4.31. The summed E-state index contributed by atoms with van der Waals surface area (Å²) in [4.78, 5) is -0.749. The summed E-state index contributed by atoms with van der Waals surface area (Å²) >= 11 is 5.67. The zero-order valence-corrected chi connectivity index (χ0v) is 18.4. The molecule has 0 fully saturated rings. The molecule has 0 saturated heterocycles. The van der Waals surface area contributed by atoms with Gasteiger partial charge in [-0.2, -0.15) is 0 Å². The van der Waals surface area contributed by atoms with Gasteiger partial charge in [-0.1, -0.05) is 29.8 Å². The highest BCUT2D eigenvalue weighted by Gasteiger charge is 2.22. The molecule has 30 heavy (non-hydrogen) atoms. The first kappa shape index (κ1) is 22.1. The number of benzene rings is 3. The number of hydrogen-bond donors (Lipinski definition) is 2. The molecule has 0 bridgehead atoms. The molecule has 0 atom stereocenters. The first-order valence-corrected chi connectivity index (χ1v) is 12.0. The minimum Gasteiger partial charge on any atom is -0.280 e. The predicted octanol–water partition coefficient (Wildman–Crippen LogP) is 4.70. The average molecular weight is 469 g/mol. The van der Waals surface area contributed by atoms with Crippen molar-refractivity contribution in [2.24, 2.45) is 0 Å². The summed E-state index contributed by atoms with van der Waals surface area (Å²) in [6.45, 7) is 3.42. The van der Waals surface area contributed by atoms with Gasteiger partial charge in [0.05, 0.1) is 10.6 Å². The van der Waals surface area contributed by atoms with E-state index in [4.69, 9.17) is 11.6 Å². The molecule has 2 N–H and O–H groups in total. The molecule has 0 aliphatic heterocycles. The Labute approximate surface area is 179 Å². The van der Waals surface area contributed by atoms with Crippen LogP contribution in [0.4, 0.5) is 15.8 Å². The monoisotopic (exact) mass is 468 g/mol. The number of aryl methyl sites for hydroxylation is 2. The average Bonchev–Trinajstić information content (AvgIpc) is 2.62. The topological polar surface area (TPSA) is 92.3 Å². The molecule has 0 unspecified atom stereocenters. The fraction of sp³-hybridized carbons (Fsp3) is 0.100. The molecule has 0 aliphatic carbocycles. The number of anilines is 2. The normalized spacial score (nSPS) is 11.9. The Morgan fingerprint density at radius 2 is 1.57 bits per heavy atom. The number of hydrogen-bond acceptors (Lipinski definition) is 4. The lowest BCUT2D eigenvalue weighted by molar-refractivity contribution is 0.570. The van der Waals surface area contributed by atoms with Crippen molar-refractivity contribution in [1.82, 2.24) is 0 Å². The third kappa shape index (κ3) is 4.92. The van der Waals surface area contributed by atoms with Gasteiger partial charge in [0.1, 0.15) is 10.7 Å². The highest BCUT2D eigenvalue weighted by Crippen LogP contribution is 2.26. The molecule has 158 valence electrons. The summed E-state index contributed by atoms with van der Waals surface area (Å²) in [5, 5.41) is 0.0537. The van der Waals surface area contributed by atoms with Gasteiger partial charge in [0, 0.05) is 10.7 Å². The van der Waals surface area contributed by atoms with Crippen LogP contribution in [0.2, 0.25) is 5.02 Å². The van der Waals surface area contributed by atoms with E-state index >= 15 is 0 Å². The number of rotatable bonds is 6. The van der Waals surface area contributed by atoms with E-state index < -0.39 is 30.8 Å². The van der Waals surface area contributed by atoms with Crippen LogP contribution < -0.4 is 9.44 Å². The van der Waals surface area contributed by atoms with Gasteiger partial charge in [0.25, 0.3) is 20.0 Å². The molecule has 0 aromatic heterocycles. The molecule has 0 radical (unpaired) electrons. The second kappa shape index (κ2) is 8.25. The van der Waals surface area contributed by atoms with E-state index in [-0.39, 0.29) is 15.6 Å². The zero-order valence-electron chi connectivity index (χ0n) is 16.0. The molecular formula is C20H18ClFN2O4S2. The lowest BCUT2D eigenvalue weighted by Crippen LogP contribution is -2.17. The molecular weight excluding hydrogens is 451 g/mol. The van der Waals surface area contributed by atoms with Crippen LogP contribution in [-0.2, 0) is 20.0 Å². The zero-order chi connectivity index (χ0) is 22.1. The molecule has 3 aromatic rings. The van der Waals surface area contributed by atoms with Crippen LogP contribution in [0, 0.1) is 19.7 Å². The van der Waals surface area contributed by atoms with Crippen LogP contribution in [0.5, 0.6) is 0 Å². The molecule has 3 aromatic carbocycles. The summed E-state index contributed by atoms with van der Waals surface area (Å²) in [5.41, 5.74) is 1.72. The maximum atomic E-state index is 14.1. The summed E-state index contributed by atoms with van der Waals surface area (Å²) < 4.78 is 69.5. The lowest BCUT2D eigenvalue weighted by Gasteiger charge is -2.14. The van der Waals surface area contributed by atoms with E-state index in [9.17, 15) is 21.2 Å². The van der Waals surface area contributed by atoms with Gasteiger partial charge in [0.2, 0.25) is 0 Å². The number of halogens is 2. The third-order valence-corrected chi connectivity index (χ3v) is 7.23. The van der Waals surface area contributed by atoms with Crippen molar-refractivity contribution >= 4 is 43.0 Å². The highest BCUT2D eigenvalue weighted by molar-refractivity contribution is 7.93. The van der Waals surface area contributed by atoms with Gasteiger partial charge in [-0.15, -0.1) is 0 Å². The fourth-order valence-electron chi connectivity index (χ4n) is 2.69. The molecule has 0 saturated carbocycles. The Kier molecular flexibility index (Phi) is 6.07. The summed E-state index contributed by atoms with van der Waals surface area (Å²) in [5.74, 6) is -1.02. The number of nitrogens with one attached hydrogen (secondary N) is 2. The molecule has 0 spiro atoms. The van der Waals surface area contributed by atoms with E-state index in [1.54, 1.807) is 25.1 Å². The Hall–Kier alpha value is -2.62. The Balaban J connectivity index is 1.95. The predicted molar refractivity (Wildman–Crippen MR) is 115 cm³/mol. The van der Waals surface area contributed by atoms with E-state index in [1.165, 1.54) is 24.3 Å². The number of sulfonamides is 2. The first-order chi connectivity index (χ1) is 14.0. The first-order valence-electron chi connectivity index (χ1n) is 8.66. The molecule has 10 heteroatoms. The summed E-state index contributed by atoms with van der Waals surface area (Å²) in [6.07, 6.45) is 0. The van der Waals surface area contributed by atoms with Crippen LogP contribution in [0.25, 0.3) is 0 Å². The van der Waals surface area contributed by atoms with E-state index in [0.717, 1.165) is 17.7 Å². The maximum Gasteiger partial charge on any atom is 0.264 e. The van der Waals surface area contributed by atoms with E-state index in [0.29, 0.717) is 11.3 Å². The van der Waals surface area contributed by atoms with Crippen LogP contribution in [0.1, 0.15) is 11.1 Å². The molecule has 0 aliphatic rings. The second-order valence-electron chi connectivity index (χ2n) is 6.63. The van der Waals surface area contributed by atoms with E-state index in [2.05, 4.69) is 9.44 Å². The van der Waals surface area contributed by atoms with Crippen LogP contribution >= 0.6 is 11.6 Å². The van der Waals surface area contributed by atoms with Crippen molar-refractivity contribution in [3.63, 3.8) is 0 Å². The Morgan fingerprint density at radius 1 is 0.833 bits per heavy atom. The smallest absolute Gasteiger partial charge is 0.264 e. The highest BCUT2D eigenvalue weighted by atomic mass is 35.5. The van der Waals surface area contributed by atoms with Gasteiger partial charge < -0.3 is 0 Å². The largest absolute Gasteiger partial charge is 0.280 e. The molecule has 3 rings (SSSR count). The van der Waals surface area contributed by atoms with Crippen molar-refractivity contribution in [2.75, 3.05) is 9.44 Å². The van der Waals surface area contributed by atoms with Gasteiger partial charge in [-0.25, -0.2) is 21.2 Å². The van der Waals surface area contributed by atoms with E-state index in [1.807, 2.05) is 13.0 Å². The van der Waals surface area contributed by atoms with Gasteiger partial charge in [0.15, 0.2) is 0 Å². The van der Waals surface area contributed by atoms with Gasteiger partial charge in [-0.05, 0) is 67.4 Å². The van der Waals surface area contributed by atoms with Crippen LogP contribution in [-0.4, -0.2) is 16.8 Å². The molecule has 0 heterocycles. The maximum absolute atomic E-state index is 14.1. The second-order valence-corrected chi connectivity index (χ2v) is 10.4. The van der Waals surface area contributed by atoms with Crippen molar-refractivity contribution in [3.8, 4) is 0 Å². The van der Waals surface area contributed by atoms with Crippen LogP contribution in [0.3, 0.4) is 0 Å². The van der Waals surface area contributed by atoms with Crippen molar-refractivity contribution < 1.29 is 21.2 Å². The van der Waals surface area contributed by atoms with Gasteiger partial charge >= 0.3 is 0 Å².